The Balaban J connectivity index is 1.59. The highest BCUT2D eigenvalue weighted by Gasteiger charge is 2.17. The molecule has 1 aromatic heterocycles. The standard InChI is InChI=1S/C17H20N2O2/c1-21-17(20)13-6-9-19(10-7-13)11-8-14-12-18-16-5-3-2-4-15(14)16/h2-6,12,18H,7-11H2,1H3. The minimum absolute atomic E-state index is 0.189. The Morgan fingerprint density at radius 3 is 3.00 bits per heavy atom. The monoisotopic (exact) mass is 284 g/mol. The fraction of sp³-hybridized carbons (Fsp3) is 0.353. The van der Waals surface area contributed by atoms with E-state index in [0.717, 1.165) is 38.0 Å². The number of para-hydroxylation sites is 1. The first-order chi connectivity index (χ1) is 10.3. The fourth-order valence-electron chi connectivity index (χ4n) is 2.85. The molecule has 0 aliphatic carbocycles. The van der Waals surface area contributed by atoms with Crippen molar-refractivity contribution < 1.29 is 9.53 Å². The normalized spacial score (nSPS) is 16.0. The van der Waals surface area contributed by atoms with E-state index < -0.39 is 0 Å². The van der Waals surface area contributed by atoms with Gasteiger partial charge in [0, 0.05) is 42.3 Å². The summed E-state index contributed by atoms with van der Waals surface area (Å²) in [4.78, 5) is 17.1. The van der Waals surface area contributed by atoms with Gasteiger partial charge in [-0.2, -0.15) is 0 Å². The maximum Gasteiger partial charge on any atom is 0.333 e. The van der Waals surface area contributed by atoms with Gasteiger partial charge in [-0.25, -0.2) is 4.79 Å². The van der Waals surface area contributed by atoms with Gasteiger partial charge in [0.1, 0.15) is 0 Å². The summed E-state index contributed by atoms with van der Waals surface area (Å²) in [6, 6.07) is 8.38. The second kappa shape index (κ2) is 6.14. The van der Waals surface area contributed by atoms with Crippen LogP contribution in [0.4, 0.5) is 0 Å². The Morgan fingerprint density at radius 1 is 1.38 bits per heavy atom. The number of methoxy groups -OCH3 is 1. The Bertz CT molecular complexity index is 672. The van der Waals surface area contributed by atoms with Crippen molar-refractivity contribution in [3.05, 3.63) is 47.7 Å². The number of carbonyl (C=O) groups is 1. The molecule has 2 heterocycles. The van der Waals surface area contributed by atoms with Gasteiger partial charge in [-0.15, -0.1) is 0 Å². The van der Waals surface area contributed by atoms with Crippen molar-refractivity contribution in [2.75, 3.05) is 26.7 Å². The number of aromatic nitrogens is 1. The van der Waals surface area contributed by atoms with Crippen molar-refractivity contribution >= 4 is 16.9 Å². The molecule has 110 valence electrons. The Labute approximate surface area is 124 Å². The number of nitrogens with zero attached hydrogens (tertiary/aromatic N) is 1. The van der Waals surface area contributed by atoms with Crippen molar-refractivity contribution in [2.24, 2.45) is 0 Å². The van der Waals surface area contributed by atoms with Crippen molar-refractivity contribution in [1.29, 1.82) is 0 Å². The molecule has 1 aliphatic heterocycles. The van der Waals surface area contributed by atoms with Crippen molar-refractivity contribution in [3.63, 3.8) is 0 Å². The van der Waals surface area contributed by atoms with E-state index in [-0.39, 0.29) is 5.97 Å². The third-order valence-corrected chi connectivity index (χ3v) is 4.11. The summed E-state index contributed by atoms with van der Waals surface area (Å²) in [6.45, 7) is 2.75. The van der Waals surface area contributed by atoms with Gasteiger partial charge in [-0.3, -0.25) is 4.90 Å². The topological polar surface area (TPSA) is 45.3 Å². The minimum atomic E-state index is -0.189. The zero-order valence-electron chi connectivity index (χ0n) is 12.3. The quantitative estimate of drug-likeness (QED) is 0.878. The highest BCUT2D eigenvalue weighted by Crippen LogP contribution is 2.19. The molecule has 2 aromatic rings. The molecule has 4 nitrogen and oxygen atoms in total. The first-order valence-electron chi connectivity index (χ1n) is 7.32. The van der Waals surface area contributed by atoms with E-state index in [1.165, 1.54) is 23.6 Å². The maximum absolute atomic E-state index is 11.5. The largest absolute Gasteiger partial charge is 0.466 e. The fourth-order valence-corrected chi connectivity index (χ4v) is 2.85. The minimum Gasteiger partial charge on any atom is -0.466 e. The second-order valence-electron chi connectivity index (χ2n) is 5.38. The Morgan fingerprint density at radius 2 is 2.24 bits per heavy atom. The molecule has 0 saturated carbocycles. The summed E-state index contributed by atoms with van der Waals surface area (Å²) in [5.74, 6) is -0.189. The molecule has 0 atom stereocenters. The summed E-state index contributed by atoms with van der Waals surface area (Å²) >= 11 is 0. The molecule has 0 spiro atoms. The lowest BCUT2D eigenvalue weighted by Gasteiger charge is -2.25. The van der Waals surface area contributed by atoms with Gasteiger partial charge in [0.15, 0.2) is 0 Å². The molecule has 0 radical (unpaired) electrons. The van der Waals surface area contributed by atoms with Crippen LogP contribution in [0.3, 0.4) is 0 Å². The number of H-pyrrole nitrogens is 1. The van der Waals surface area contributed by atoms with E-state index >= 15 is 0 Å². The molecule has 1 N–H and O–H groups in total. The third-order valence-electron chi connectivity index (χ3n) is 4.11. The molecule has 1 aliphatic rings. The summed E-state index contributed by atoms with van der Waals surface area (Å²) in [7, 11) is 1.44. The molecule has 0 amide bonds. The number of hydrogen-bond donors (Lipinski definition) is 1. The summed E-state index contributed by atoms with van der Waals surface area (Å²) < 4.78 is 4.76. The number of benzene rings is 1. The molecule has 21 heavy (non-hydrogen) atoms. The van der Waals surface area contributed by atoms with E-state index in [1.54, 1.807) is 0 Å². The lowest BCUT2D eigenvalue weighted by Crippen LogP contribution is -2.32. The van der Waals surface area contributed by atoms with Crippen molar-refractivity contribution in [2.45, 2.75) is 12.8 Å². The molecule has 0 unspecified atom stereocenters. The van der Waals surface area contributed by atoms with E-state index in [0.29, 0.717) is 0 Å². The average molecular weight is 284 g/mol. The van der Waals surface area contributed by atoms with Gasteiger partial charge < -0.3 is 9.72 Å². The molecule has 0 fully saturated rings. The predicted molar refractivity (Wildman–Crippen MR) is 83.2 cm³/mol. The van der Waals surface area contributed by atoms with Crippen LogP contribution in [0.25, 0.3) is 10.9 Å². The summed E-state index contributed by atoms with van der Waals surface area (Å²) in [5.41, 5.74) is 3.35. The lowest BCUT2D eigenvalue weighted by molar-refractivity contribution is -0.136. The van der Waals surface area contributed by atoms with Crippen LogP contribution in [0, 0.1) is 0 Å². The van der Waals surface area contributed by atoms with E-state index in [2.05, 4.69) is 34.3 Å². The van der Waals surface area contributed by atoms with Crippen LogP contribution < -0.4 is 0 Å². The third kappa shape index (κ3) is 3.00. The Hall–Kier alpha value is -2.07. The van der Waals surface area contributed by atoms with Crippen LogP contribution in [0.5, 0.6) is 0 Å². The average Bonchev–Trinajstić information content (AvgIpc) is 2.96. The summed E-state index contributed by atoms with van der Waals surface area (Å²) in [5, 5.41) is 1.31. The summed E-state index contributed by atoms with van der Waals surface area (Å²) in [6.07, 6.45) is 5.89. The molecule has 1 aromatic carbocycles. The van der Waals surface area contributed by atoms with Crippen molar-refractivity contribution in [1.82, 2.24) is 9.88 Å². The van der Waals surface area contributed by atoms with Crippen LogP contribution in [-0.2, 0) is 16.0 Å². The Kier molecular flexibility index (Phi) is 4.06. The number of carbonyl (C=O) groups excluding carboxylic acids is 1. The predicted octanol–water partition coefficient (Wildman–Crippen LogP) is 2.52. The van der Waals surface area contributed by atoms with E-state index in [1.807, 2.05) is 12.1 Å². The van der Waals surface area contributed by atoms with Crippen molar-refractivity contribution in [3.8, 4) is 0 Å². The van der Waals surface area contributed by atoms with Crippen LogP contribution >= 0.6 is 0 Å². The first kappa shape index (κ1) is 13.9. The van der Waals surface area contributed by atoms with Gasteiger partial charge in [-0.05, 0) is 24.5 Å². The van der Waals surface area contributed by atoms with Crippen LogP contribution in [-0.4, -0.2) is 42.6 Å². The number of nitrogens with one attached hydrogen (secondary N) is 1. The highest BCUT2D eigenvalue weighted by molar-refractivity contribution is 5.88. The highest BCUT2D eigenvalue weighted by atomic mass is 16.5. The van der Waals surface area contributed by atoms with Crippen LogP contribution in [0.2, 0.25) is 0 Å². The number of hydrogen-bond acceptors (Lipinski definition) is 3. The number of ether oxygens (including phenoxy) is 1. The van der Waals surface area contributed by atoms with Crippen LogP contribution in [0.15, 0.2) is 42.1 Å². The van der Waals surface area contributed by atoms with Crippen LogP contribution in [0.1, 0.15) is 12.0 Å². The number of rotatable bonds is 4. The molecule has 0 bridgehead atoms. The molecular weight excluding hydrogens is 264 g/mol. The van der Waals surface area contributed by atoms with Gasteiger partial charge in [0.05, 0.1) is 7.11 Å². The SMILES string of the molecule is COC(=O)C1=CCN(CCc2c[nH]c3ccccc23)CC1. The van der Waals surface area contributed by atoms with E-state index in [4.69, 9.17) is 4.74 Å². The first-order valence-corrected chi connectivity index (χ1v) is 7.32. The van der Waals surface area contributed by atoms with Gasteiger partial charge in [-0.1, -0.05) is 24.3 Å². The maximum atomic E-state index is 11.5. The lowest BCUT2D eigenvalue weighted by atomic mass is 10.1. The smallest absolute Gasteiger partial charge is 0.333 e. The molecule has 3 rings (SSSR count). The molecule has 0 saturated heterocycles. The van der Waals surface area contributed by atoms with E-state index in [9.17, 15) is 4.79 Å². The molecule has 4 heteroatoms. The molecular formula is C17H20N2O2. The van der Waals surface area contributed by atoms with Gasteiger partial charge in [0.2, 0.25) is 0 Å². The number of aromatic amines is 1. The second-order valence-corrected chi connectivity index (χ2v) is 5.38. The number of esters is 1. The zero-order valence-corrected chi connectivity index (χ0v) is 12.3. The van der Waals surface area contributed by atoms with Gasteiger partial charge in [0.25, 0.3) is 0 Å². The number of fused-ring (bicyclic) bond motifs is 1. The van der Waals surface area contributed by atoms with Gasteiger partial charge >= 0.3 is 5.97 Å². The zero-order chi connectivity index (χ0) is 14.7.